The number of aliphatic hydroxyl groups is 3. The van der Waals surface area contributed by atoms with Crippen molar-refractivity contribution in [1.82, 2.24) is 19.5 Å². The van der Waals surface area contributed by atoms with E-state index in [0.29, 0.717) is 16.9 Å². The molecule has 1 fully saturated rings. The van der Waals surface area contributed by atoms with Crippen LogP contribution in [-0.4, -0.2) is 59.8 Å². The highest BCUT2D eigenvalue weighted by atomic mass is 16.6. The van der Waals surface area contributed by atoms with Gasteiger partial charge in [-0.1, -0.05) is 29.8 Å². The van der Waals surface area contributed by atoms with Gasteiger partial charge in [0, 0.05) is 5.56 Å². The van der Waals surface area contributed by atoms with Crippen molar-refractivity contribution in [2.75, 3.05) is 6.61 Å². The van der Waals surface area contributed by atoms with E-state index in [1.54, 1.807) is 4.57 Å². The fourth-order valence-electron chi connectivity index (χ4n) is 3.07. The van der Waals surface area contributed by atoms with Crippen LogP contribution >= 0.6 is 0 Å². The summed E-state index contributed by atoms with van der Waals surface area (Å²) >= 11 is 0. The molecule has 0 spiro atoms. The van der Waals surface area contributed by atoms with E-state index in [-0.39, 0.29) is 6.61 Å². The van der Waals surface area contributed by atoms with Crippen LogP contribution in [0.1, 0.15) is 11.8 Å². The van der Waals surface area contributed by atoms with Crippen molar-refractivity contribution in [3.8, 4) is 11.3 Å². The molecule has 4 rings (SSSR count). The SMILES string of the molecule is Cc1ccc(-c2ncnc3c2ncn3[C@@H]2O[C@H](CO)[C@@H](O)[C@H]2O)cc1. The number of rotatable bonds is 3. The number of imidazole rings is 1. The molecule has 1 aliphatic rings. The predicted molar refractivity (Wildman–Crippen MR) is 88.5 cm³/mol. The number of hydrogen-bond donors (Lipinski definition) is 3. The largest absolute Gasteiger partial charge is 0.394 e. The van der Waals surface area contributed by atoms with Crippen molar-refractivity contribution in [1.29, 1.82) is 0 Å². The van der Waals surface area contributed by atoms with E-state index in [0.717, 1.165) is 11.1 Å². The van der Waals surface area contributed by atoms with Crippen molar-refractivity contribution < 1.29 is 20.1 Å². The minimum Gasteiger partial charge on any atom is -0.394 e. The molecule has 0 radical (unpaired) electrons. The van der Waals surface area contributed by atoms with Crippen molar-refractivity contribution >= 4 is 11.2 Å². The fourth-order valence-corrected chi connectivity index (χ4v) is 3.07. The molecule has 0 unspecified atom stereocenters. The molecule has 1 aliphatic heterocycles. The molecule has 0 aliphatic carbocycles. The molecule has 3 N–H and O–H groups in total. The second kappa shape index (κ2) is 6.16. The highest BCUT2D eigenvalue weighted by molar-refractivity contribution is 5.87. The molecule has 3 heterocycles. The molecule has 4 atom stereocenters. The van der Waals surface area contributed by atoms with Gasteiger partial charge in [-0.15, -0.1) is 0 Å². The number of aromatic nitrogens is 4. The number of aliphatic hydroxyl groups excluding tert-OH is 3. The van der Waals surface area contributed by atoms with Crippen LogP contribution in [0.25, 0.3) is 22.4 Å². The summed E-state index contributed by atoms with van der Waals surface area (Å²) in [5.41, 5.74) is 3.79. The molecular formula is C17H18N4O4. The first-order valence-electron chi connectivity index (χ1n) is 7.97. The number of nitrogens with zero attached hydrogens (tertiary/aromatic N) is 4. The van der Waals surface area contributed by atoms with E-state index in [1.165, 1.54) is 12.7 Å². The number of hydrogen-bond acceptors (Lipinski definition) is 7. The fraction of sp³-hybridized carbons (Fsp3) is 0.353. The first-order valence-corrected chi connectivity index (χ1v) is 7.97. The van der Waals surface area contributed by atoms with Gasteiger partial charge in [-0.05, 0) is 6.92 Å². The highest BCUT2D eigenvalue weighted by Crippen LogP contribution is 2.32. The van der Waals surface area contributed by atoms with E-state index in [1.807, 2.05) is 31.2 Å². The van der Waals surface area contributed by atoms with E-state index in [2.05, 4.69) is 15.0 Å². The maximum absolute atomic E-state index is 10.2. The first-order chi connectivity index (χ1) is 12.1. The normalized spacial score (nSPS) is 26.4. The Hall–Kier alpha value is -2.39. The van der Waals surface area contributed by atoms with Crippen LogP contribution in [0.2, 0.25) is 0 Å². The summed E-state index contributed by atoms with van der Waals surface area (Å²) in [7, 11) is 0. The van der Waals surface area contributed by atoms with Gasteiger partial charge < -0.3 is 20.1 Å². The number of ether oxygens (including phenoxy) is 1. The summed E-state index contributed by atoms with van der Waals surface area (Å²) in [5.74, 6) is 0. The highest BCUT2D eigenvalue weighted by Gasteiger charge is 2.44. The Kier molecular flexibility index (Phi) is 3.97. The molecule has 0 amide bonds. The summed E-state index contributed by atoms with van der Waals surface area (Å²) in [5, 5.41) is 29.4. The van der Waals surface area contributed by atoms with Gasteiger partial charge in [0.25, 0.3) is 0 Å². The predicted octanol–water partition coefficient (Wildman–Crippen LogP) is 0.413. The van der Waals surface area contributed by atoms with Gasteiger partial charge >= 0.3 is 0 Å². The van der Waals surface area contributed by atoms with Crippen LogP contribution in [0.3, 0.4) is 0 Å². The number of aryl methyl sites for hydroxylation is 1. The lowest BCUT2D eigenvalue weighted by Crippen LogP contribution is -2.33. The van der Waals surface area contributed by atoms with Crippen molar-refractivity contribution in [3.63, 3.8) is 0 Å². The van der Waals surface area contributed by atoms with Crippen molar-refractivity contribution in [2.24, 2.45) is 0 Å². The Morgan fingerprint density at radius 3 is 2.52 bits per heavy atom. The second-order valence-electron chi connectivity index (χ2n) is 6.14. The van der Waals surface area contributed by atoms with Crippen LogP contribution < -0.4 is 0 Å². The molecule has 1 saturated heterocycles. The zero-order valence-corrected chi connectivity index (χ0v) is 13.5. The summed E-state index contributed by atoms with van der Waals surface area (Å²) < 4.78 is 7.12. The van der Waals surface area contributed by atoms with Gasteiger partial charge in [-0.25, -0.2) is 15.0 Å². The molecule has 8 heteroatoms. The number of benzene rings is 1. The molecular weight excluding hydrogens is 324 g/mol. The summed E-state index contributed by atoms with van der Waals surface area (Å²) in [6.45, 7) is 1.63. The lowest BCUT2D eigenvalue weighted by Gasteiger charge is -2.16. The Labute approximate surface area is 143 Å². The monoisotopic (exact) mass is 342 g/mol. The van der Waals surface area contributed by atoms with Crippen LogP contribution in [0.15, 0.2) is 36.9 Å². The third-order valence-corrected chi connectivity index (χ3v) is 4.48. The Bertz CT molecular complexity index is 895. The zero-order valence-electron chi connectivity index (χ0n) is 13.5. The average Bonchev–Trinajstić information content (AvgIpc) is 3.17. The summed E-state index contributed by atoms with van der Waals surface area (Å²) in [4.78, 5) is 13.0. The van der Waals surface area contributed by atoms with E-state index < -0.39 is 24.5 Å². The Morgan fingerprint density at radius 2 is 1.84 bits per heavy atom. The van der Waals surface area contributed by atoms with E-state index in [9.17, 15) is 15.3 Å². The maximum atomic E-state index is 10.2. The first kappa shape index (κ1) is 16.1. The zero-order chi connectivity index (χ0) is 17.6. The van der Waals surface area contributed by atoms with Crippen molar-refractivity contribution in [3.05, 3.63) is 42.5 Å². The molecule has 25 heavy (non-hydrogen) atoms. The summed E-state index contributed by atoms with van der Waals surface area (Å²) in [6, 6.07) is 7.91. The maximum Gasteiger partial charge on any atom is 0.166 e. The van der Waals surface area contributed by atoms with Crippen LogP contribution in [0.5, 0.6) is 0 Å². The standard InChI is InChI=1S/C17H18N4O4/c1-9-2-4-10(5-3-9)12-13-16(19-7-18-12)21(8-20-13)17-15(24)14(23)11(6-22)25-17/h2-5,7-8,11,14-15,17,22-24H,6H2,1H3/t11-,14-,15-,17-/m1/s1. The van der Waals surface area contributed by atoms with Gasteiger partial charge in [0.05, 0.1) is 12.9 Å². The second-order valence-corrected chi connectivity index (χ2v) is 6.14. The molecule has 0 saturated carbocycles. The summed E-state index contributed by atoms with van der Waals surface area (Å²) in [6.07, 6.45) is -1.17. The third kappa shape index (κ3) is 2.59. The smallest absolute Gasteiger partial charge is 0.166 e. The van der Waals surface area contributed by atoms with Crippen LogP contribution in [0, 0.1) is 6.92 Å². The molecule has 2 aromatic heterocycles. The Morgan fingerprint density at radius 1 is 1.08 bits per heavy atom. The quantitative estimate of drug-likeness (QED) is 0.632. The van der Waals surface area contributed by atoms with Crippen molar-refractivity contribution in [2.45, 2.75) is 31.5 Å². The lowest BCUT2D eigenvalue weighted by molar-refractivity contribution is -0.0511. The van der Waals surface area contributed by atoms with Gasteiger partial charge in [-0.3, -0.25) is 4.57 Å². The van der Waals surface area contributed by atoms with Gasteiger partial charge in [0.15, 0.2) is 11.9 Å². The average molecular weight is 342 g/mol. The lowest BCUT2D eigenvalue weighted by atomic mass is 10.1. The van der Waals surface area contributed by atoms with E-state index >= 15 is 0 Å². The number of fused-ring (bicyclic) bond motifs is 1. The van der Waals surface area contributed by atoms with Gasteiger partial charge in [-0.2, -0.15) is 0 Å². The van der Waals surface area contributed by atoms with E-state index in [4.69, 9.17) is 4.74 Å². The molecule has 3 aromatic rings. The van der Waals surface area contributed by atoms with Gasteiger partial charge in [0.2, 0.25) is 0 Å². The third-order valence-electron chi connectivity index (χ3n) is 4.48. The molecule has 0 bridgehead atoms. The topological polar surface area (TPSA) is 114 Å². The molecule has 1 aromatic carbocycles. The Balaban J connectivity index is 1.78. The van der Waals surface area contributed by atoms with Crippen LogP contribution in [0.4, 0.5) is 0 Å². The minimum atomic E-state index is -1.19. The van der Waals surface area contributed by atoms with Crippen LogP contribution in [-0.2, 0) is 4.74 Å². The molecule has 130 valence electrons. The molecule has 8 nitrogen and oxygen atoms in total. The minimum absolute atomic E-state index is 0.384. The van der Waals surface area contributed by atoms with Gasteiger partial charge in [0.1, 0.15) is 35.8 Å².